The number of aliphatic hydroxyl groups excluding tert-OH is 1. The van der Waals surface area contributed by atoms with E-state index in [1.54, 1.807) is 10.7 Å². The van der Waals surface area contributed by atoms with Gasteiger partial charge in [0, 0.05) is 29.4 Å². The molecule has 10 nitrogen and oxygen atoms in total. The molecule has 4 aromatic heterocycles. The molecule has 7 rings (SSSR count). The van der Waals surface area contributed by atoms with Gasteiger partial charge in [0.2, 0.25) is 0 Å². The molecule has 1 amide bonds. The van der Waals surface area contributed by atoms with Crippen molar-refractivity contribution in [2.45, 2.75) is 50.0 Å². The van der Waals surface area contributed by atoms with Crippen molar-refractivity contribution < 1.29 is 19.0 Å². The third-order valence-corrected chi connectivity index (χ3v) is 7.32. The summed E-state index contributed by atoms with van der Waals surface area (Å²) in [5.74, 6) is 0.777. The lowest BCUT2D eigenvalue weighted by molar-refractivity contribution is 0.0501. The maximum absolute atomic E-state index is 13.8. The number of alkyl halides is 1. The van der Waals surface area contributed by atoms with E-state index in [1.807, 2.05) is 18.3 Å². The molecule has 0 radical (unpaired) electrons. The summed E-state index contributed by atoms with van der Waals surface area (Å²) in [7, 11) is 0. The van der Waals surface area contributed by atoms with Gasteiger partial charge in [0.15, 0.2) is 17.2 Å². The molecule has 11 heteroatoms. The molecule has 2 aliphatic carbocycles. The van der Waals surface area contributed by atoms with Crippen LogP contribution in [0.1, 0.15) is 42.1 Å². The standard InChI is InChI=1S/C24H24FN7O3/c25-17-3-4-18(17)29-24(34)15-10-28-32-22(15)30-19(20-23(32)27-6-7-35-20)16-11-31(12-8-13(33)9-12)21-14(16)2-1-5-26-21/h1-2,5,10-13,17-18,27,33H,3-4,6-9H2,(H,29,34)/t12?,13?,17-,18-/m0/s1. The van der Waals surface area contributed by atoms with Crippen molar-refractivity contribution in [2.75, 3.05) is 18.5 Å². The number of halogens is 1. The lowest BCUT2D eigenvalue weighted by Crippen LogP contribution is -2.48. The quantitative estimate of drug-likeness (QED) is 0.413. The third kappa shape index (κ3) is 3.10. The molecule has 0 unspecified atom stereocenters. The molecule has 0 saturated heterocycles. The molecule has 2 atom stereocenters. The number of aliphatic hydroxyl groups is 1. The van der Waals surface area contributed by atoms with E-state index >= 15 is 0 Å². The van der Waals surface area contributed by atoms with Crippen LogP contribution in [0.25, 0.3) is 27.9 Å². The highest BCUT2D eigenvalue weighted by atomic mass is 19.1. The number of nitrogens with zero attached hydrogens (tertiary/aromatic N) is 5. The lowest BCUT2D eigenvalue weighted by Gasteiger charge is -2.32. The predicted molar refractivity (Wildman–Crippen MR) is 125 cm³/mol. The molecule has 3 aliphatic rings. The van der Waals surface area contributed by atoms with Crippen molar-refractivity contribution >= 4 is 28.4 Å². The molecule has 2 saturated carbocycles. The van der Waals surface area contributed by atoms with Gasteiger partial charge in [0.25, 0.3) is 5.91 Å². The Morgan fingerprint density at radius 3 is 2.94 bits per heavy atom. The minimum atomic E-state index is -1.02. The second kappa shape index (κ2) is 7.64. The molecule has 180 valence electrons. The molecule has 4 aromatic rings. The van der Waals surface area contributed by atoms with Gasteiger partial charge in [0.1, 0.15) is 29.7 Å². The number of pyridine rings is 1. The summed E-state index contributed by atoms with van der Waals surface area (Å²) < 4.78 is 23.5. The van der Waals surface area contributed by atoms with E-state index in [4.69, 9.17) is 9.72 Å². The van der Waals surface area contributed by atoms with Crippen LogP contribution in [0.2, 0.25) is 0 Å². The van der Waals surface area contributed by atoms with E-state index in [-0.39, 0.29) is 17.7 Å². The van der Waals surface area contributed by atoms with Gasteiger partial charge < -0.3 is 25.0 Å². The van der Waals surface area contributed by atoms with Gasteiger partial charge in [-0.3, -0.25) is 4.79 Å². The average molecular weight is 478 g/mol. The minimum Gasteiger partial charge on any atom is -0.486 e. The van der Waals surface area contributed by atoms with Gasteiger partial charge in [-0.1, -0.05) is 0 Å². The molecule has 1 aliphatic heterocycles. The average Bonchev–Trinajstić information content (AvgIpc) is 3.46. The first-order valence-corrected chi connectivity index (χ1v) is 12.0. The molecule has 5 heterocycles. The van der Waals surface area contributed by atoms with E-state index in [2.05, 4.69) is 25.3 Å². The summed E-state index contributed by atoms with van der Waals surface area (Å²) in [5.41, 5.74) is 2.87. The molecule has 0 aromatic carbocycles. The molecule has 3 N–H and O–H groups in total. The van der Waals surface area contributed by atoms with Crippen LogP contribution in [0.5, 0.6) is 5.75 Å². The Morgan fingerprint density at radius 2 is 2.17 bits per heavy atom. The fourth-order valence-electron chi connectivity index (χ4n) is 5.14. The van der Waals surface area contributed by atoms with Gasteiger partial charge in [-0.2, -0.15) is 9.61 Å². The summed E-state index contributed by atoms with van der Waals surface area (Å²) in [4.78, 5) is 22.5. The van der Waals surface area contributed by atoms with Gasteiger partial charge in [-0.15, -0.1) is 0 Å². The number of carbonyl (C=O) groups is 1. The maximum Gasteiger partial charge on any atom is 0.257 e. The van der Waals surface area contributed by atoms with Gasteiger partial charge >= 0.3 is 0 Å². The second-order valence-electron chi connectivity index (χ2n) is 9.48. The van der Waals surface area contributed by atoms with E-state index in [1.165, 1.54) is 6.20 Å². The molecule has 35 heavy (non-hydrogen) atoms. The summed E-state index contributed by atoms with van der Waals surface area (Å²) in [5, 5.41) is 21.3. The van der Waals surface area contributed by atoms with Crippen molar-refractivity contribution in [3.8, 4) is 17.0 Å². The predicted octanol–water partition coefficient (Wildman–Crippen LogP) is 2.48. The zero-order valence-corrected chi connectivity index (χ0v) is 18.8. The van der Waals surface area contributed by atoms with Crippen LogP contribution in [-0.4, -0.2) is 66.6 Å². The molecular formula is C24H24FN7O3. The number of fused-ring (bicyclic) bond motifs is 4. The Kier molecular flexibility index (Phi) is 4.50. The number of rotatable bonds is 4. The summed E-state index contributed by atoms with van der Waals surface area (Å²) in [6, 6.07) is 3.54. The number of hydrogen-bond acceptors (Lipinski definition) is 7. The summed E-state index contributed by atoms with van der Waals surface area (Å²) in [6.45, 7) is 1.05. The summed E-state index contributed by atoms with van der Waals surface area (Å²) in [6.07, 6.45) is 6.33. The molecule has 0 spiro atoms. The Morgan fingerprint density at radius 1 is 1.29 bits per heavy atom. The highest BCUT2D eigenvalue weighted by Crippen LogP contribution is 2.43. The first-order valence-electron chi connectivity index (χ1n) is 12.0. The van der Waals surface area contributed by atoms with E-state index in [9.17, 15) is 14.3 Å². The van der Waals surface area contributed by atoms with Crippen LogP contribution in [0.15, 0.2) is 30.7 Å². The van der Waals surface area contributed by atoms with Crippen molar-refractivity contribution in [1.82, 2.24) is 29.5 Å². The van der Waals surface area contributed by atoms with E-state index in [0.717, 1.165) is 16.6 Å². The Hall–Kier alpha value is -3.73. The third-order valence-electron chi connectivity index (χ3n) is 7.32. The van der Waals surface area contributed by atoms with Crippen molar-refractivity contribution in [3.05, 3.63) is 36.3 Å². The Balaban J connectivity index is 1.40. The van der Waals surface area contributed by atoms with Gasteiger partial charge in [-0.05, 0) is 37.8 Å². The SMILES string of the molecule is O=C(N[C@H]1CC[C@@H]1F)c1cnn2c3c(c(-c4cn(C5CC(O)C5)c5ncccc45)nc12)OCCN3. The van der Waals surface area contributed by atoms with Crippen LogP contribution in [0.3, 0.4) is 0 Å². The minimum absolute atomic E-state index is 0.155. The number of anilines is 1. The maximum atomic E-state index is 13.8. The van der Waals surface area contributed by atoms with Crippen LogP contribution < -0.4 is 15.4 Å². The number of carbonyl (C=O) groups excluding carboxylic acids is 1. The van der Waals surface area contributed by atoms with Gasteiger partial charge in [-0.25, -0.2) is 14.4 Å². The topological polar surface area (TPSA) is 119 Å². The first-order chi connectivity index (χ1) is 17.1. The zero-order valence-electron chi connectivity index (χ0n) is 18.8. The monoisotopic (exact) mass is 477 g/mol. The lowest BCUT2D eigenvalue weighted by atomic mass is 9.89. The van der Waals surface area contributed by atoms with Gasteiger partial charge in [0.05, 0.1) is 24.9 Å². The van der Waals surface area contributed by atoms with E-state index in [0.29, 0.717) is 61.7 Å². The molecular weight excluding hydrogens is 453 g/mol. The summed E-state index contributed by atoms with van der Waals surface area (Å²) >= 11 is 0. The first kappa shape index (κ1) is 20.6. The number of ether oxygens (including phenoxy) is 1. The number of nitrogens with one attached hydrogen (secondary N) is 2. The molecule has 2 fully saturated rings. The van der Waals surface area contributed by atoms with Crippen molar-refractivity contribution in [2.24, 2.45) is 0 Å². The van der Waals surface area contributed by atoms with Crippen LogP contribution in [0, 0.1) is 0 Å². The smallest absolute Gasteiger partial charge is 0.257 e. The van der Waals surface area contributed by atoms with Crippen molar-refractivity contribution in [3.63, 3.8) is 0 Å². The number of aromatic nitrogens is 5. The van der Waals surface area contributed by atoms with Crippen molar-refractivity contribution in [1.29, 1.82) is 0 Å². The van der Waals surface area contributed by atoms with E-state index < -0.39 is 18.1 Å². The Bertz CT molecular complexity index is 1480. The normalized spacial score (nSPS) is 25.3. The van der Waals surface area contributed by atoms with Crippen LogP contribution >= 0.6 is 0 Å². The largest absolute Gasteiger partial charge is 0.486 e. The fourth-order valence-corrected chi connectivity index (χ4v) is 5.14. The second-order valence-corrected chi connectivity index (χ2v) is 9.48. The fraction of sp³-hybridized carbons (Fsp3) is 0.417. The number of amides is 1. The zero-order chi connectivity index (χ0) is 23.7. The molecule has 0 bridgehead atoms. The Labute approximate surface area is 199 Å². The van der Waals surface area contributed by atoms with Crippen LogP contribution in [0.4, 0.5) is 10.2 Å². The highest BCUT2D eigenvalue weighted by Gasteiger charge is 2.34. The van der Waals surface area contributed by atoms with Crippen LogP contribution in [-0.2, 0) is 0 Å². The number of hydrogen-bond donors (Lipinski definition) is 3. The highest BCUT2D eigenvalue weighted by molar-refractivity contribution is 6.02.